The van der Waals surface area contributed by atoms with Crippen molar-refractivity contribution in [3.63, 3.8) is 0 Å². The first-order valence-corrected chi connectivity index (χ1v) is 4.07. The Morgan fingerprint density at radius 1 is 1.58 bits per heavy atom. The summed E-state index contributed by atoms with van der Waals surface area (Å²) in [6.07, 6.45) is 5.88. The SMILES string of the molecule is Cn1cc(C(=O)O)c(C2CC2)c1. The van der Waals surface area contributed by atoms with Crippen molar-refractivity contribution in [1.82, 2.24) is 4.57 Å². The van der Waals surface area contributed by atoms with E-state index in [0.29, 0.717) is 11.5 Å². The molecule has 0 atom stereocenters. The van der Waals surface area contributed by atoms with E-state index in [1.807, 2.05) is 17.8 Å². The number of aromatic nitrogens is 1. The van der Waals surface area contributed by atoms with Crippen LogP contribution in [0.1, 0.15) is 34.7 Å². The van der Waals surface area contributed by atoms with Gasteiger partial charge in [-0.15, -0.1) is 0 Å². The first-order valence-electron chi connectivity index (χ1n) is 4.07. The minimum atomic E-state index is -0.808. The number of carboxylic acids is 1. The highest BCUT2D eigenvalue weighted by molar-refractivity contribution is 5.89. The Bertz CT molecular complexity index is 323. The van der Waals surface area contributed by atoms with Gasteiger partial charge in [0.25, 0.3) is 0 Å². The monoisotopic (exact) mass is 165 g/mol. The Balaban J connectivity index is 2.43. The molecule has 3 heteroatoms. The molecular weight excluding hydrogens is 154 g/mol. The van der Waals surface area contributed by atoms with Crippen LogP contribution in [0, 0.1) is 0 Å². The van der Waals surface area contributed by atoms with Gasteiger partial charge in [0.1, 0.15) is 0 Å². The molecule has 1 aliphatic rings. The number of hydrogen-bond acceptors (Lipinski definition) is 1. The second-order valence-corrected chi connectivity index (χ2v) is 3.37. The first-order chi connectivity index (χ1) is 5.68. The molecule has 0 unspecified atom stereocenters. The summed E-state index contributed by atoms with van der Waals surface area (Å²) in [7, 11) is 1.86. The van der Waals surface area contributed by atoms with Crippen LogP contribution in [0.25, 0.3) is 0 Å². The Kier molecular flexibility index (Phi) is 1.46. The van der Waals surface area contributed by atoms with Gasteiger partial charge in [0, 0.05) is 19.4 Å². The van der Waals surface area contributed by atoms with E-state index in [1.165, 1.54) is 0 Å². The zero-order valence-corrected chi connectivity index (χ0v) is 6.95. The molecule has 1 aromatic heterocycles. The Labute approximate surface area is 70.6 Å². The van der Waals surface area contributed by atoms with Gasteiger partial charge in [0.2, 0.25) is 0 Å². The summed E-state index contributed by atoms with van der Waals surface area (Å²) >= 11 is 0. The Morgan fingerprint density at radius 2 is 2.25 bits per heavy atom. The van der Waals surface area contributed by atoms with E-state index in [0.717, 1.165) is 18.4 Å². The van der Waals surface area contributed by atoms with Gasteiger partial charge in [-0.1, -0.05) is 0 Å². The standard InChI is InChI=1S/C9H11NO2/c1-10-4-7(6-2-3-6)8(5-10)9(11)12/h4-6H,2-3H2,1H3,(H,11,12). The predicted molar refractivity (Wildman–Crippen MR) is 44.3 cm³/mol. The lowest BCUT2D eigenvalue weighted by atomic mass is 10.1. The van der Waals surface area contributed by atoms with Gasteiger partial charge >= 0.3 is 5.97 Å². The number of rotatable bonds is 2. The normalized spacial score (nSPS) is 16.4. The third-order valence-electron chi connectivity index (χ3n) is 2.23. The van der Waals surface area contributed by atoms with E-state index >= 15 is 0 Å². The molecule has 1 heterocycles. The first kappa shape index (κ1) is 7.40. The van der Waals surface area contributed by atoms with Crippen LogP contribution in [0.4, 0.5) is 0 Å². The lowest BCUT2D eigenvalue weighted by molar-refractivity contribution is 0.0695. The predicted octanol–water partition coefficient (Wildman–Crippen LogP) is 1.60. The van der Waals surface area contributed by atoms with Crippen molar-refractivity contribution in [3.05, 3.63) is 23.5 Å². The van der Waals surface area contributed by atoms with Crippen LogP contribution in [0.5, 0.6) is 0 Å². The minimum Gasteiger partial charge on any atom is -0.478 e. The smallest absolute Gasteiger partial charge is 0.337 e. The van der Waals surface area contributed by atoms with Crippen molar-refractivity contribution in [3.8, 4) is 0 Å². The third kappa shape index (κ3) is 1.11. The molecule has 0 saturated heterocycles. The van der Waals surface area contributed by atoms with E-state index in [1.54, 1.807) is 6.20 Å². The van der Waals surface area contributed by atoms with Crippen LogP contribution >= 0.6 is 0 Å². The molecule has 1 aliphatic carbocycles. The fraction of sp³-hybridized carbons (Fsp3) is 0.444. The second-order valence-electron chi connectivity index (χ2n) is 3.37. The van der Waals surface area contributed by atoms with Gasteiger partial charge in [-0.2, -0.15) is 0 Å². The molecule has 0 amide bonds. The number of carboxylic acid groups (broad SMARTS) is 1. The molecule has 3 nitrogen and oxygen atoms in total. The van der Waals surface area contributed by atoms with Gasteiger partial charge < -0.3 is 9.67 Å². The summed E-state index contributed by atoms with van der Waals surface area (Å²) in [5.74, 6) is -0.296. The van der Waals surface area contributed by atoms with Crippen molar-refractivity contribution in [1.29, 1.82) is 0 Å². The number of aromatic carboxylic acids is 1. The summed E-state index contributed by atoms with van der Waals surface area (Å²) < 4.78 is 1.82. The van der Waals surface area contributed by atoms with Gasteiger partial charge in [-0.3, -0.25) is 0 Å². The Morgan fingerprint density at radius 3 is 2.75 bits per heavy atom. The van der Waals surface area contributed by atoms with E-state index in [-0.39, 0.29) is 0 Å². The zero-order valence-electron chi connectivity index (χ0n) is 6.95. The summed E-state index contributed by atoms with van der Waals surface area (Å²) in [6, 6.07) is 0. The van der Waals surface area contributed by atoms with Crippen LogP contribution in [0.3, 0.4) is 0 Å². The van der Waals surface area contributed by atoms with Crippen LogP contribution in [-0.4, -0.2) is 15.6 Å². The van der Waals surface area contributed by atoms with Gasteiger partial charge in [-0.25, -0.2) is 4.79 Å². The molecule has 1 N–H and O–H groups in total. The maximum Gasteiger partial charge on any atom is 0.337 e. The molecule has 0 aliphatic heterocycles. The van der Waals surface area contributed by atoms with E-state index in [2.05, 4.69) is 0 Å². The second kappa shape index (κ2) is 2.37. The lowest BCUT2D eigenvalue weighted by Crippen LogP contribution is -1.97. The number of carbonyl (C=O) groups is 1. The fourth-order valence-electron chi connectivity index (χ4n) is 1.50. The average Bonchev–Trinajstić information content (AvgIpc) is 2.75. The number of hydrogen-bond donors (Lipinski definition) is 1. The van der Waals surface area contributed by atoms with Gasteiger partial charge in [0.15, 0.2) is 0 Å². The molecule has 0 radical (unpaired) electrons. The summed E-state index contributed by atoms with van der Waals surface area (Å²) in [6.45, 7) is 0. The van der Waals surface area contributed by atoms with Crippen LogP contribution < -0.4 is 0 Å². The molecule has 2 rings (SSSR count). The molecular formula is C9H11NO2. The maximum atomic E-state index is 10.8. The molecule has 0 spiro atoms. The minimum absolute atomic E-state index is 0.472. The molecule has 0 aromatic carbocycles. The van der Waals surface area contributed by atoms with Crippen molar-refractivity contribution in [2.24, 2.45) is 7.05 Å². The largest absolute Gasteiger partial charge is 0.478 e. The van der Waals surface area contributed by atoms with Crippen molar-refractivity contribution in [2.75, 3.05) is 0 Å². The van der Waals surface area contributed by atoms with Crippen LogP contribution in [0.15, 0.2) is 12.4 Å². The summed E-state index contributed by atoms with van der Waals surface area (Å²) in [4.78, 5) is 10.8. The van der Waals surface area contributed by atoms with Crippen molar-refractivity contribution < 1.29 is 9.90 Å². The third-order valence-corrected chi connectivity index (χ3v) is 2.23. The van der Waals surface area contributed by atoms with E-state index < -0.39 is 5.97 Å². The summed E-state index contributed by atoms with van der Waals surface area (Å²) in [5, 5.41) is 8.84. The van der Waals surface area contributed by atoms with Crippen molar-refractivity contribution >= 4 is 5.97 Å². The zero-order chi connectivity index (χ0) is 8.72. The summed E-state index contributed by atoms with van der Waals surface area (Å²) in [5.41, 5.74) is 1.48. The highest BCUT2D eigenvalue weighted by atomic mass is 16.4. The topological polar surface area (TPSA) is 42.2 Å². The molecule has 1 saturated carbocycles. The molecule has 1 fully saturated rings. The van der Waals surface area contributed by atoms with E-state index in [4.69, 9.17) is 5.11 Å². The Hall–Kier alpha value is -1.25. The molecule has 1 aromatic rings. The van der Waals surface area contributed by atoms with Crippen LogP contribution in [-0.2, 0) is 7.05 Å². The van der Waals surface area contributed by atoms with Crippen molar-refractivity contribution in [2.45, 2.75) is 18.8 Å². The maximum absolute atomic E-state index is 10.8. The van der Waals surface area contributed by atoms with Crippen LogP contribution in [0.2, 0.25) is 0 Å². The van der Waals surface area contributed by atoms with Gasteiger partial charge in [0.05, 0.1) is 5.56 Å². The molecule has 0 bridgehead atoms. The van der Waals surface area contributed by atoms with E-state index in [9.17, 15) is 4.79 Å². The number of nitrogens with zero attached hydrogens (tertiary/aromatic N) is 1. The highest BCUT2D eigenvalue weighted by Gasteiger charge is 2.29. The lowest BCUT2D eigenvalue weighted by Gasteiger charge is -1.93. The number of aryl methyl sites for hydroxylation is 1. The fourth-order valence-corrected chi connectivity index (χ4v) is 1.50. The average molecular weight is 165 g/mol. The molecule has 12 heavy (non-hydrogen) atoms. The van der Waals surface area contributed by atoms with Gasteiger partial charge in [-0.05, 0) is 24.3 Å². The quantitative estimate of drug-likeness (QED) is 0.723. The molecule has 64 valence electrons. The highest BCUT2D eigenvalue weighted by Crippen LogP contribution is 2.41.